The van der Waals surface area contributed by atoms with Crippen LogP contribution in [0.25, 0.3) is 11.1 Å². The second-order valence-electron chi connectivity index (χ2n) is 4.33. The quantitative estimate of drug-likeness (QED) is 0.886. The van der Waals surface area contributed by atoms with E-state index >= 15 is 0 Å². The van der Waals surface area contributed by atoms with Crippen LogP contribution in [0.3, 0.4) is 0 Å². The lowest BCUT2D eigenvalue weighted by Gasteiger charge is -2.09. The molecule has 0 spiro atoms. The SMILES string of the molecule is N[C@@H](Cc1ccc(-c2ccccc2)c(F)c1)C(=O)O. The topological polar surface area (TPSA) is 63.3 Å². The van der Waals surface area contributed by atoms with E-state index in [9.17, 15) is 9.18 Å². The van der Waals surface area contributed by atoms with Crippen LogP contribution in [0.2, 0.25) is 0 Å². The van der Waals surface area contributed by atoms with E-state index in [0.29, 0.717) is 11.1 Å². The molecule has 0 aliphatic heterocycles. The maximum absolute atomic E-state index is 14.0. The van der Waals surface area contributed by atoms with Crippen molar-refractivity contribution in [2.45, 2.75) is 12.5 Å². The summed E-state index contributed by atoms with van der Waals surface area (Å²) in [6.45, 7) is 0. The highest BCUT2D eigenvalue weighted by Gasteiger charge is 2.13. The highest BCUT2D eigenvalue weighted by atomic mass is 19.1. The number of aliphatic carboxylic acids is 1. The number of halogens is 1. The molecule has 98 valence electrons. The molecule has 3 N–H and O–H groups in total. The standard InChI is InChI=1S/C15H14FNO2/c16-13-8-10(9-14(17)15(18)19)6-7-12(13)11-4-2-1-3-5-11/h1-8,14H,9,17H2,(H,18,19)/t14-/m0/s1. The zero-order chi connectivity index (χ0) is 13.8. The first kappa shape index (κ1) is 13.2. The van der Waals surface area contributed by atoms with Gasteiger partial charge in [-0.25, -0.2) is 4.39 Å². The van der Waals surface area contributed by atoms with Crippen LogP contribution in [0.5, 0.6) is 0 Å². The van der Waals surface area contributed by atoms with E-state index in [2.05, 4.69) is 0 Å². The fraction of sp³-hybridized carbons (Fsp3) is 0.133. The van der Waals surface area contributed by atoms with Crippen molar-refractivity contribution < 1.29 is 14.3 Å². The summed E-state index contributed by atoms with van der Waals surface area (Å²) in [4.78, 5) is 10.7. The maximum atomic E-state index is 14.0. The number of nitrogens with two attached hydrogens (primary N) is 1. The number of carboxylic acids is 1. The highest BCUT2D eigenvalue weighted by Crippen LogP contribution is 2.23. The first-order chi connectivity index (χ1) is 9.08. The Bertz CT molecular complexity index is 584. The third-order valence-corrected chi connectivity index (χ3v) is 2.89. The van der Waals surface area contributed by atoms with Crippen LogP contribution < -0.4 is 5.73 Å². The van der Waals surface area contributed by atoms with Crippen LogP contribution in [0.4, 0.5) is 4.39 Å². The summed E-state index contributed by atoms with van der Waals surface area (Å²) in [7, 11) is 0. The van der Waals surface area contributed by atoms with Crippen molar-refractivity contribution in [3.05, 3.63) is 59.9 Å². The molecule has 0 aliphatic rings. The van der Waals surface area contributed by atoms with Crippen molar-refractivity contribution in [2.75, 3.05) is 0 Å². The second-order valence-corrected chi connectivity index (χ2v) is 4.33. The number of benzene rings is 2. The van der Waals surface area contributed by atoms with Crippen LogP contribution in [-0.4, -0.2) is 17.1 Å². The van der Waals surface area contributed by atoms with Gasteiger partial charge in [0.25, 0.3) is 0 Å². The summed E-state index contributed by atoms with van der Waals surface area (Å²) >= 11 is 0. The molecule has 0 fully saturated rings. The van der Waals surface area contributed by atoms with Gasteiger partial charge in [0.05, 0.1) is 0 Å². The molecule has 0 radical (unpaired) electrons. The van der Waals surface area contributed by atoms with Crippen LogP contribution >= 0.6 is 0 Å². The first-order valence-corrected chi connectivity index (χ1v) is 5.90. The summed E-state index contributed by atoms with van der Waals surface area (Å²) in [6.07, 6.45) is 0.112. The summed E-state index contributed by atoms with van der Waals surface area (Å²) in [5.74, 6) is -1.46. The molecular weight excluding hydrogens is 245 g/mol. The molecule has 0 saturated heterocycles. The van der Waals surface area contributed by atoms with Gasteiger partial charge in [0.1, 0.15) is 11.9 Å². The van der Waals surface area contributed by atoms with E-state index in [1.54, 1.807) is 12.1 Å². The molecule has 0 aliphatic carbocycles. The summed E-state index contributed by atoms with van der Waals surface area (Å²) in [5, 5.41) is 8.73. The zero-order valence-electron chi connectivity index (χ0n) is 10.2. The van der Waals surface area contributed by atoms with E-state index in [-0.39, 0.29) is 12.2 Å². The third kappa shape index (κ3) is 3.17. The van der Waals surface area contributed by atoms with Crippen LogP contribution in [0.15, 0.2) is 48.5 Å². The fourth-order valence-electron chi connectivity index (χ4n) is 1.88. The van der Waals surface area contributed by atoms with E-state index in [0.717, 1.165) is 5.56 Å². The van der Waals surface area contributed by atoms with Crippen LogP contribution in [-0.2, 0) is 11.2 Å². The number of carboxylic acid groups (broad SMARTS) is 1. The Hall–Kier alpha value is -2.20. The average Bonchev–Trinajstić information content (AvgIpc) is 2.39. The minimum Gasteiger partial charge on any atom is -0.480 e. The highest BCUT2D eigenvalue weighted by molar-refractivity contribution is 5.73. The number of carbonyl (C=O) groups is 1. The van der Waals surface area contributed by atoms with Gasteiger partial charge in [0.2, 0.25) is 0 Å². The van der Waals surface area contributed by atoms with Gasteiger partial charge in [-0.1, -0.05) is 42.5 Å². The van der Waals surface area contributed by atoms with E-state index in [1.165, 1.54) is 6.07 Å². The minimum atomic E-state index is -1.09. The van der Waals surface area contributed by atoms with Crippen molar-refractivity contribution in [1.82, 2.24) is 0 Å². The van der Waals surface area contributed by atoms with Gasteiger partial charge in [-0.3, -0.25) is 4.79 Å². The summed E-state index contributed by atoms with van der Waals surface area (Å²) in [6, 6.07) is 12.9. The fourth-order valence-corrected chi connectivity index (χ4v) is 1.88. The molecule has 19 heavy (non-hydrogen) atoms. The molecular formula is C15H14FNO2. The van der Waals surface area contributed by atoms with Crippen molar-refractivity contribution >= 4 is 5.97 Å². The van der Waals surface area contributed by atoms with Crippen molar-refractivity contribution in [1.29, 1.82) is 0 Å². The predicted molar refractivity (Wildman–Crippen MR) is 71.2 cm³/mol. The van der Waals surface area contributed by atoms with Gasteiger partial charge in [-0.15, -0.1) is 0 Å². The second kappa shape index (κ2) is 5.63. The molecule has 0 amide bonds. The molecule has 0 unspecified atom stereocenters. The Kier molecular flexibility index (Phi) is 3.92. The van der Waals surface area contributed by atoms with Gasteiger partial charge in [0.15, 0.2) is 0 Å². The minimum absolute atomic E-state index is 0.112. The molecule has 1 atom stereocenters. The lowest BCUT2D eigenvalue weighted by molar-refractivity contribution is -0.138. The number of hydrogen-bond donors (Lipinski definition) is 2. The maximum Gasteiger partial charge on any atom is 0.320 e. The first-order valence-electron chi connectivity index (χ1n) is 5.90. The monoisotopic (exact) mass is 259 g/mol. The van der Waals surface area contributed by atoms with Crippen molar-refractivity contribution in [2.24, 2.45) is 5.73 Å². The largest absolute Gasteiger partial charge is 0.480 e. The molecule has 2 aromatic rings. The Morgan fingerprint density at radius 2 is 1.89 bits per heavy atom. The Labute approximate surface area is 110 Å². The van der Waals surface area contributed by atoms with Crippen molar-refractivity contribution in [3.8, 4) is 11.1 Å². The molecule has 3 nitrogen and oxygen atoms in total. The number of hydrogen-bond acceptors (Lipinski definition) is 2. The van der Waals surface area contributed by atoms with Gasteiger partial charge in [0, 0.05) is 5.56 Å². The smallest absolute Gasteiger partial charge is 0.320 e. The van der Waals surface area contributed by atoms with Gasteiger partial charge in [-0.2, -0.15) is 0 Å². The molecule has 4 heteroatoms. The molecule has 2 aromatic carbocycles. The number of rotatable bonds is 4. The predicted octanol–water partition coefficient (Wildman–Crippen LogP) is 2.45. The third-order valence-electron chi connectivity index (χ3n) is 2.89. The van der Waals surface area contributed by atoms with E-state index in [1.807, 2.05) is 30.3 Å². The molecule has 0 aromatic heterocycles. The van der Waals surface area contributed by atoms with Gasteiger partial charge < -0.3 is 10.8 Å². The summed E-state index contributed by atoms with van der Waals surface area (Å²) < 4.78 is 14.0. The van der Waals surface area contributed by atoms with Crippen LogP contribution in [0.1, 0.15) is 5.56 Å². The molecule has 2 rings (SSSR count). The van der Waals surface area contributed by atoms with Gasteiger partial charge in [-0.05, 0) is 23.6 Å². The molecule has 0 saturated carbocycles. The Balaban J connectivity index is 2.25. The van der Waals surface area contributed by atoms with Gasteiger partial charge >= 0.3 is 5.97 Å². The van der Waals surface area contributed by atoms with E-state index < -0.39 is 12.0 Å². The van der Waals surface area contributed by atoms with Crippen molar-refractivity contribution in [3.63, 3.8) is 0 Å². The summed E-state index contributed by atoms with van der Waals surface area (Å²) in [5.41, 5.74) is 7.28. The normalized spacial score (nSPS) is 12.1. The molecule has 0 bridgehead atoms. The average molecular weight is 259 g/mol. The van der Waals surface area contributed by atoms with E-state index in [4.69, 9.17) is 10.8 Å². The Morgan fingerprint density at radius 1 is 1.21 bits per heavy atom. The van der Waals surface area contributed by atoms with Crippen LogP contribution in [0, 0.1) is 5.82 Å². The zero-order valence-corrected chi connectivity index (χ0v) is 10.2. The lowest BCUT2D eigenvalue weighted by Crippen LogP contribution is -2.32. The lowest BCUT2D eigenvalue weighted by atomic mass is 10.0. The Morgan fingerprint density at radius 3 is 2.47 bits per heavy atom. The molecule has 0 heterocycles.